The van der Waals surface area contributed by atoms with Crippen LogP contribution in [0.1, 0.15) is 31.2 Å². The standard InChI is InChI=1S/C15H21NO3/c1-3-19-15(17)16-10-8-12(9-11-16)13-6-4-5-7-14(13)18-2/h4-7,12H,3,8-11H2,1-2H3. The highest BCUT2D eigenvalue weighted by atomic mass is 16.6. The van der Waals surface area contributed by atoms with Crippen LogP contribution in [-0.4, -0.2) is 37.8 Å². The molecule has 1 fully saturated rings. The van der Waals surface area contributed by atoms with Gasteiger partial charge in [0, 0.05) is 13.1 Å². The Hall–Kier alpha value is -1.71. The molecule has 0 saturated carbocycles. The first-order valence-electron chi connectivity index (χ1n) is 6.80. The lowest BCUT2D eigenvalue weighted by Crippen LogP contribution is -2.38. The highest BCUT2D eigenvalue weighted by molar-refractivity contribution is 5.67. The third kappa shape index (κ3) is 3.19. The smallest absolute Gasteiger partial charge is 0.409 e. The molecule has 1 heterocycles. The van der Waals surface area contributed by atoms with Crippen LogP contribution in [0.4, 0.5) is 4.79 Å². The minimum Gasteiger partial charge on any atom is -0.496 e. The van der Waals surface area contributed by atoms with E-state index in [1.165, 1.54) is 5.56 Å². The second-order valence-corrected chi connectivity index (χ2v) is 4.70. The number of piperidine rings is 1. The maximum absolute atomic E-state index is 11.6. The van der Waals surface area contributed by atoms with E-state index in [-0.39, 0.29) is 6.09 Å². The van der Waals surface area contributed by atoms with Crippen LogP contribution in [0.2, 0.25) is 0 Å². The largest absolute Gasteiger partial charge is 0.496 e. The van der Waals surface area contributed by atoms with Gasteiger partial charge in [0.05, 0.1) is 13.7 Å². The van der Waals surface area contributed by atoms with E-state index in [1.807, 2.05) is 25.1 Å². The zero-order valence-corrected chi connectivity index (χ0v) is 11.6. The molecule has 19 heavy (non-hydrogen) atoms. The van der Waals surface area contributed by atoms with Crippen LogP contribution in [0.5, 0.6) is 5.75 Å². The normalized spacial score (nSPS) is 16.2. The molecule has 1 amide bonds. The number of likely N-dealkylation sites (tertiary alicyclic amines) is 1. The van der Waals surface area contributed by atoms with Gasteiger partial charge in [-0.1, -0.05) is 18.2 Å². The molecule has 1 aromatic carbocycles. The number of amides is 1. The molecule has 1 saturated heterocycles. The maximum Gasteiger partial charge on any atom is 0.409 e. The van der Waals surface area contributed by atoms with Crippen molar-refractivity contribution in [2.45, 2.75) is 25.7 Å². The Morgan fingerprint density at radius 3 is 2.63 bits per heavy atom. The Morgan fingerprint density at radius 1 is 1.32 bits per heavy atom. The van der Waals surface area contributed by atoms with E-state index in [1.54, 1.807) is 12.0 Å². The average molecular weight is 263 g/mol. The van der Waals surface area contributed by atoms with Gasteiger partial charge in [-0.25, -0.2) is 4.79 Å². The third-order valence-electron chi connectivity index (χ3n) is 3.60. The highest BCUT2D eigenvalue weighted by Crippen LogP contribution is 2.33. The molecule has 0 aliphatic carbocycles. The van der Waals surface area contributed by atoms with Crippen molar-refractivity contribution in [3.8, 4) is 5.75 Å². The molecule has 4 nitrogen and oxygen atoms in total. The summed E-state index contributed by atoms with van der Waals surface area (Å²) in [6.45, 7) is 3.77. The van der Waals surface area contributed by atoms with Crippen molar-refractivity contribution in [2.75, 3.05) is 26.8 Å². The fourth-order valence-electron chi connectivity index (χ4n) is 2.59. The SMILES string of the molecule is CCOC(=O)N1CCC(c2ccccc2OC)CC1. The van der Waals surface area contributed by atoms with E-state index >= 15 is 0 Å². The molecule has 4 heteroatoms. The summed E-state index contributed by atoms with van der Waals surface area (Å²) >= 11 is 0. The predicted octanol–water partition coefficient (Wildman–Crippen LogP) is 3.03. The minimum atomic E-state index is -0.194. The lowest BCUT2D eigenvalue weighted by Gasteiger charge is -2.31. The Kier molecular flexibility index (Phi) is 4.66. The topological polar surface area (TPSA) is 38.8 Å². The van der Waals surface area contributed by atoms with Gasteiger partial charge >= 0.3 is 6.09 Å². The Morgan fingerprint density at radius 2 is 2.00 bits per heavy atom. The molecule has 0 N–H and O–H groups in total. The molecule has 0 aromatic heterocycles. The molecule has 2 rings (SSSR count). The van der Waals surface area contributed by atoms with E-state index in [0.717, 1.165) is 31.7 Å². The zero-order valence-electron chi connectivity index (χ0n) is 11.6. The molecular formula is C15H21NO3. The molecule has 0 spiro atoms. The Balaban J connectivity index is 1.98. The molecular weight excluding hydrogens is 242 g/mol. The van der Waals surface area contributed by atoms with Gasteiger partial charge < -0.3 is 14.4 Å². The van der Waals surface area contributed by atoms with Crippen LogP contribution in [0.25, 0.3) is 0 Å². The number of carbonyl (C=O) groups is 1. The molecule has 0 atom stereocenters. The van der Waals surface area contributed by atoms with E-state index in [4.69, 9.17) is 9.47 Å². The van der Waals surface area contributed by atoms with E-state index in [9.17, 15) is 4.79 Å². The number of nitrogens with zero attached hydrogens (tertiary/aromatic N) is 1. The van der Waals surface area contributed by atoms with Crippen LogP contribution in [0.3, 0.4) is 0 Å². The molecule has 104 valence electrons. The van der Waals surface area contributed by atoms with E-state index < -0.39 is 0 Å². The molecule has 0 unspecified atom stereocenters. The number of hydrogen-bond acceptors (Lipinski definition) is 3. The molecule has 0 radical (unpaired) electrons. The van der Waals surface area contributed by atoms with Crippen molar-refractivity contribution in [3.63, 3.8) is 0 Å². The van der Waals surface area contributed by atoms with Gasteiger partial charge in [-0.05, 0) is 37.3 Å². The van der Waals surface area contributed by atoms with Crippen LogP contribution < -0.4 is 4.74 Å². The van der Waals surface area contributed by atoms with Crippen molar-refractivity contribution in [1.29, 1.82) is 0 Å². The molecule has 1 aromatic rings. The van der Waals surface area contributed by atoms with Gasteiger partial charge in [0.15, 0.2) is 0 Å². The summed E-state index contributed by atoms with van der Waals surface area (Å²) in [4.78, 5) is 13.4. The fourth-order valence-corrected chi connectivity index (χ4v) is 2.59. The molecule has 1 aliphatic heterocycles. The average Bonchev–Trinajstić information content (AvgIpc) is 2.47. The maximum atomic E-state index is 11.6. The number of methoxy groups -OCH3 is 1. The minimum absolute atomic E-state index is 0.194. The first-order chi connectivity index (χ1) is 9.26. The van der Waals surface area contributed by atoms with Gasteiger partial charge in [-0.3, -0.25) is 0 Å². The lowest BCUT2D eigenvalue weighted by molar-refractivity contribution is 0.0969. The number of benzene rings is 1. The first kappa shape index (κ1) is 13.7. The number of para-hydroxylation sites is 1. The van der Waals surface area contributed by atoms with Crippen molar-refractivity contribution < 1.29 is 14.3 Å². The summed E-state index contributed by atoms with van der Waals surface area (Å²) in [6.07, 6.45) is 1.72. The van der Waals surface area contributed by atoms with Gasteiger partial charge in [0.2, 0.25) is 0 Å². The van der Waals surface area contributed by atoms with Crippen molar-refractivity contribution >= 4 is 6.09 Å². The van der Waals surface area contributed by atoms with E-state index in [2.05, 4.69) is 6.07 Å². The van der Waals surface area contributed by atoms with Crippen molar-refractivity contribution in [2.24, 2.45) is 0 Å². The van der Waals surface area contributed by atoms with Crippen LogP contribution in [0, 0.1) is 0 Å². The second kappa shape index (κ2) is 6.45. The fraction of sp³-hybridized carbons (Fsp3) is 0.533. The summed E-state index contributed by atoms with van der Waals surface area (Å²) in [5.74, 6) is 1.40. The Labute approximate surface area is 114 Å². The van der Waals surface area contributed by atoms with Gasteiger partial charge in [0.1, 0.15) is 5.75 Å². The van der Waals surface area contributed by atoms with Crippen LogP contribution in [-0.2, 0) is 4.74 Å². The number of ether oxygens (including phenoxy) is 2. The molecule has 0 bridgehead atoms. The van der Waals surface area contributed by atoms with E-state index in [0.29, 0.717) is 12.5 Å². The third-order valence-corrected chi connectivity index (χ3v) is 3.60. The lowest BCUT2D eigenvalue weighted by atomic mass is 9.89. The summed E-state index contributed by atoms with van der Waals surface area (Å²) in [6, 6.07) is 8.13. The zero-order chi connectivity index (χ0) is 13.7. The monoisotopic (exact) mass is 263 g/mol. The number of hydrogen-bond donors (Lipinski definition) is 0. The summed E-state index contributed by atoms with van der Waals surface area (Å²) in [5, 5.41) is 0. The summed E-state index contributed by atoms with van der Waals surface area (Å²) in [5.41, 5.74) is 1.24. The summed E-state index contributed by atoms with van der Waals surface area (Å²) in [7, 11) is 1.70. The van der Waals surface area contributed by atoms with Crippen molar-refractivity contribution in [1.82, 2.24) is 4.90 Å². The second-order valence-electron chi connectivity index (χ2n) is 4.70. The van der Waals surface area contributed by atoms with Crippen LogP contribution in [0.15, 0.2) is 24.3 Å². The summed E-state index contributed by atoms with van der Waals surface area (Å²) < 4.78 is 10.4. The quantitative estimate of drug-likeness (QED) is 0.841. The van der Waals surface area contributed by atoms with Crippen LogP contribution >= 0.6 is 0 Å². The molecule has 1 aliphatic rings. The van der Waals surface area contributed by atoms with Gasteiger partial charge in [-0.15, -0.1) is 0 Å². The Bertz CT molecular complexity index is 425. The highest BCUT2D eigenvalue weighted by Gasteiger charge is 2.25. The van der Waals surface area contributed by atoms with Crippen molar-refractivity contribution in [3.05, 3.63) is 29.8 Å². The number of carbonyl (C=O) groups excluding carboxylic acids is 1. The first-order valence-corrected chi connectivity index (χ1v) is 6.80. The number of rotatable bonds is 3. The van der Waals surface area contributed by atoms with Gasteiger partial charge in [-0.2, -0.15) is 0 Å². The predicted molar refractivity (Wildman–Crippen MR) is 73.6 cm³/mol. The van der Waals surface area contributed by atoms with Gasteiger partial charge in [0.25, 0.3) is 0 Å².